The summed E-state index contributed by atoms with van der Waals surface area (Å²) < 4.78 is 24.9. The van der Waals surface area contributed by atoms with Crippen molar-refractivity contribution in [3.05, 3.63) is 114 Å². The van der Waals surface area contributed by atoms with Gasteiger partial charge in [-0.05, 0) is 29.8 Å². The Morgan fingerprint density at radius 1 is 0.857 bits per heavy atom. The van der Waals surface area contributed by atoms with Crippen LogP contribution in [0.1, 0.15) is 26.3 Å². The number of aromatic nitrogens is 4. The monoisotopic (exact) mass is 565 g/mol. The maximum Gasteiger partial charge on any atom is 0.338 e. The molecule has 0 saturated carbocycles. The molecule has 0 unspecified atom stereocenters. The maximum atomic E-state index is 12.7. The van der Waals surface area contributed by atoms with E-state index in [1.807, 2.05) is 42.5 Å². The van der Waals surface area contributed by atoms with E-state index in [0.29, 0.717) is 22.3 Å². The lowest BCUT2D eigenvalue weighted by Crippen LogP contribution is -2.32. The van der Waals surface area contributed by atoms with Crippen molar-refractivity contribution in [3.8, 4) is 5.88 Å². The number of imidazole rings is 1. The Kier molecular flexibility index (Phi) is 7.48. The highest BCUT2D eigenvalue weighted by molar-refractivity contribution is 5.89. The number of hydrogen-bond acceptors (Lipinski definition) is 10. The molecule has 212 valence electrons. The van der Waals surface area contributed by atoms with E-state index in [2.05, 4.69) is 15.0 Å². The summed E-state index contributed by atoms with van der Waals surface area (Å²) in [5, 5.41) is 0. The number of benzene rings is 3. The highest BCUT2D eigenvalue weighted by Gasteiger charge is 2.59. The number of epoxide rings is 1. The molecular formula is C31H27N5O6. The molecule has 1 fully saturated rings. The molecule has 11 heteroatoms. The molecule has 1 aliphatic heterocycles. The lowest BCUT2D eigenvalue weighted by molar-refractivity contribution is 0.0374. The fourth-order valence-corrected chi connectivity index (χ4v) is 4.57. The number of esters is 2. The Hall–Kier alpha value is -5.29. The molecule has 2 aromatic heterocycles. The van der Waals surface area contributed by atoms with Crippen molar-refractivity contribution in [1.82, 2.24) is 19.5 Å². The second-order valence-corrected chi connectivity index (χ2v) is 9.78. The van der Waals surface area contributed by atoms with Crippen LogP contribution in [0, 0.1) is 0 Å². The summed E-state index contributed by atoms with van der Waals surface area (Å²) in [4.78, 5) is 38.4. The Labute approximate surface area is 240 Å². The van der Waals surface area contributed by atoms with Gasteiger partial charge in [0, 0.05) is 0 Å². The Bertz CT molecular complexity index is 1700. The number of carbonyl (C=O) groups is 2. The van der Waals surface area contributed by atoms with Crippen LogP contribution in [0.25, 0.3) is 11.2 Å². The van der Waals surface area contributed by atoms with Gasteiger partial charge in [-0.2, -0.15) is 9.97 Å². The highest BCUT2D eigenvalue weighted by Crippen LogP contribution is 2.40. The molecule has 11 nitrogen and oxygen atoms in total. The highest BCUT2D eigenvalue weighted by atomic mass is 16.7. The minimum atomic E-state index is -1.00. The maximum absolute atomic E-state index is 12.7. The number of ether oxygens (including phenoxy) is 4. The molecule has 3 heterocycles. The molecule has 0 spiro atoms. The van der Waals surface area contributed by atoms with Crippen LogP contribution < -0.4 is 10.5 Å². The number of nitrogen functional groups attached to an aromatic ring is 1. The van der Waals surface area contributed by atoms with E-state index in [-0.39, 0.29) is 38.2 Å². The van der Waals surface area contributed by atoms with Crippen molar-refractivity contribution in [2.45, 2.75) is 24.9 Å². The second-order valence-electron chi connectivity index (χ2n) is 9.78. The summed E-state index contributed by atoms with van der Waals surface area (Å²) in [6, 6.07) is 27.0. The number of hydrogen-bond donors (Lipinski definition) is 1. The molecule has 1 aliphatic rings. The van der Waals surface area contributed by atoms with Crippen LogP contribution in [0.4, 0.5) is 5.95 Å². The van der Waals surface area contributed by atoms with Gasteiger partial charge in [-0.15, -0.1) is 0 Å². The van der Waals surface area contributed by atoms with Crippen molar-refractivity contribution in [2.75, 3.05) is 18.9 Å². The zero-order valence-corrected chi connectivity index (χ0v) is 22.5. The Morgan fingerprint density at radius 2 is 1.48 bits per heavy atom. The van der Waals surface area contributed by atoms with Crippen LogP contribution in [0.2, 0.25) is 0 Å². The second kappa shape index (κ2) is 11.7. The molecule has 3 aromatic carbocycles. The molecule has 2 atom stereocenters. The van der Waals surface area contributed by atoms with Crippen LogP contribution >= 0.6 is 0 Å². The third-order valence-corrected chi connectivity index (χ3v) is 6.84. The van der Waals surface area contributed by atoms with E-state index in [4.69, 9.17) is 24.7 Å². The summed E-state index contributed by atoms with van der Waals surface area (Å²) in [7, 11) is 0. The molecular weight excluding hydrogens is 538 g/mol. The van der Waals surface area contributed by atoms with Gasteiger partial charge in [0.2, 0.25) is 11.8 Å². The van der Waals surface area contributed by atoms with Gasteiger partial charge in [0.1, 0.15) is 31.5 Å². The summed E-state index contributed by atoms with van der Waals surface area (Å²) in [5.41, 5.74) is 7.67. The molecule has 42 heavy (non-hydrogen) atoms. The topological polar surface area (TPSA) is 144 Å². The van der Waals surface area contributed by atoms with Gasteiger partial charge in [-0.1, -0.05) is 66.7 Å². The van der Waals surface area contributed by atoms with E-state index in [9.17, 15) is 9.59 Å². The fraction of sp³-hybridized carbons (Fsp3) is 0.194. The largest absolute Gasteiger partial charge is 0.471 e. The number of fused-ring (bicyclic) bond motifs is 1. The minimum absolute atomic E-state index is 0.0157. The minimum Gasteiger partial charge on any atom is -0.471 e. The van der Waals surface area contributed by atoms with Gasteiger partial charge >= 0.3 is 11.9 Å². The van der Waals surface area contributed by atoms with E-state index >= 15 is 0 Å². The fourth-order valence-electron chi connectivity index (χ4n) is 4.57. The van der Waals surface area contributed by atoms with Crippen LogP contribution in [0.15, 0.2) is 97.3 Å². The molecule has 0 bridgehead atoms. The third-order valence-electron chi connectivity index (χ3n) is 6.84. The molecule has 0 amide bonds. The van der Waals surface area contributed by atoms with Crippen LogP contribution in [-0.2, 0) is 27.4 Å². The zero-order valence-electron chi connectivity index (χ0n) is 22.5. The summed E-state index contributed by atoms with van der Waals surface area (Å²) in [6.45, 7) is 0.335. The standard InChI is InChI=1S/C31H27N5O6/c32-30-34-26-25(27(35-30)39-16-21-10-4-1-5-11-21)33-20-36(26)18-31(19-41-29(38)23-14-8-3-9-15-23)24(42-31)17-40-28(37)22-12-6-2-7-13-22/h1-15,20,24H,16-19H2,(H2,32,34,35)/t24-,31-/m0/s1. The first-order valence-electron chi connectivity index (χ1n) is 13.3. The molecule has 0 aliphatic carbocycles. The van der Waals surface area contributed by atoms with E-state index in [0.717, 1.165) is 5.56 Å². The Morgan fingerprint density at radius 3 is 2.14 bits per heavy atom. The average Bonchev–Trinajstić information content (AvgIpc) is 3.58. The van der Waals surface area contributed by atoms with Gasteiger partial charge in [-0.3, -0.25) is 0 Å². The zero-order chi connectivity index (χ0) is 28.9. The van der Waals surface area contributed by atoms with Crippen molar-refractivity contribution in [2.24, 2.45) is 0 Å². The van der Waals surface area contributed by atoms with Crippen LogP contribution in [0.3, 0.4) is 0 Å². The summed E-state index contributed by atoms with van der Waals surface area (Å²) >= 11 is 0. The quantitative estimate of drug-likeness (QED) is 0.185. The molecule has 1 saturated heterocycles. The number of nitrogens with zero attached hydrogens (tertiary/aromatic N) is 4. The smallest absolute Gasteiger partial charge is 0.338 e. The lowest BCUT2D eigenvalue weighted by atomic mass is 10.1. The van der Waals surface area contributed by atoms with E-state index in [1.165, 1.54) is 0 Å². The van der Waals surface area contributed by atoms with E-state index < -0.39 is 23.6 Å². The van der Waals surface area contributed by atoms with Crippen LogP contribution in [-0.4, -0.2) is 56.4 Å². The average molecular weight is 566 g/mol. The first-order valence-corrected chi connectivity index (χ1v) is 13.3. The third kappa shape index (κ3) is 5.91. The van der Waals surface area contributed by atoms with Crippen molar-refractivity contribution in [3.63, 3.8) is 0 Å². The number of rotatable bonds is 11. The van der Waals surface area contributed by atoms with Gasteiger partial charge in [0.25, 0.3) is 0 Å². The predicted octanol–water partition coefficient (Wildman–Crippen LogP) is 3.84. The van der Waals surface area contributed by atoms with Gasteiger partial charge < -0.3 is 29.2 Å². The first kappa shape index (κ1) is 26.9. The lowest BCUT2D eigenvalue weighted by Gasteiger charge is -2.15. The molecule has 2 N–H and O–H groups in total. The molecule has 0 radical (unpaired) electrons. The predicted molar refractivity (Wildman–Crippen MR) is 152 cm³/mol. The Balaban J connectivity index is 1.21. The van der Waals surface area contributed by atoms with E-state index in [1.54, 1.807) is 59.4 Å². The normalized spacial score (nSPS) is 17.5. The SMILES string of the molecule is Nc1nc(OCc2ccccc2)c2ncn(C[C@@]3(COC(=O)c4ccccc4)O[C@H]3COC(=O)c3ccccc3)c2n1. The number of nitrogens with two attached hydrogens (primary N) is 1. The van der Waals surface area contributed by atoms with Crippen LogP contribution in [0.5, 0.6) is 5.88 Å². The number of carbonyl (C=O) groups excluding carboxylic acids is 2. The number of anilines is 1. The van der Waals surface area contributed by atoms with Gasteiger partial charge in [0.05, 0.1) is 24.0 Å². The van der Waals surface area contributed by atoms with Crippen molar-refractivity contribution >= 4 is 29.1 Å². The van der Waals surface area contributed by atoms with Gasteiger partial charge in [0.15, 0.2) is 11.2 Å². The first-order chi connectivity index (χ1) is 20.5. The summed E-state index contributed by atoms with van der Waals surface area (Å²) in [5.74, 6) is -0.712. The molecule has 5 aromatic rings. The van der Waals surface area contributed by atoms with Crippen molar-refractivity contribution in [1.29, 1.82) is 0 Å². The van der Waals surface area contributed by atoms with Gasteiger partial charge in [-0.25, -0.2) is 14.6 Å². The summed E-state index contributed by atoms with van der Waals surface area (Å²) in [6.07, 6.45) is 1.03. The van der Waals surface area contributed by atoms with Crippen molar-refractivity contribution < 1.29 is 28.5 Å². The molecule has 6 rings (SSSR count).